The molecular weight excluding hydrogens is 507 g/mol. The molecule has 7 nitrogen and oxygen atoms in total. The molecule has 0 spiro atoms. The highest BCUT2D eigenvalue weighted by molar-refractivity contribution is 14.0. The quantitative estimate of drug-likeness (QED) is 0.263. The second-order valence-electron chi connectivity index (χ2n) is 6.88. The van der Waals surface area contributed by atoms with Gasteiger partial charge in [0, 0.05) is 30.4 Å². The first kappa shape index (κ1) is 22.8. The molecule has 1 unspecified atom stereocenters. The summed E-state index contributed by atoms with van der Waals surface area (Å²) in [5, 5.41) is 3.10. The predicted molar refractivity (Wildman–Crippen MR) is 131 cm³/mol. The van der Waals surface area contributed by atoms with Gasteiger partial charge in [-0.1, -0.05) is 24.3 Å². The summed E-state index contributed by atoms with van der Waals surface area (Å²) in [6.45, 7) is 1.75. The van der Waals surface area contributed by atoms with Crippen LogP contribution in [0.25, 0.3) is 0 Å². The van der Waals surface area contributed by atoms with Crippen LogP contribution in [-0.2, 0) is 11.3 Å². The summed E-state index contributed by atoms with van der Waals surface area (Å²) in [7, 11) is 0. The monoisotopic (exact) mass is 532 g/mol. The molecule has 0 bridgehead atoms. The van der Waals surface area contributed by atoms with Gasteiger partial charge in [-0.2, -0.15) is 0 Å². The van der Waals surface area contributed by atoms with Crippen LogP contribution in [0.3, 0.4) is 0 Å². The van der Waals surface area contributed by atoms with Crippen molar-refractivity contribution in [3.05, 3.63) is 78.5 Å². The molecule has 0 aliphatic carbocycles. The molecule has 1 fully saturated rings. The summed E-state index contributed by atoms with van der Waals surface area (Å²) in [6.07, 6.45) is 2.66. The predicted octanol–water partition coefficient (Wildman–Crippen LogP) is 4.59. The SMILES string of the molecule is I.NC(=NCc1ccnc(OC2CCOC2)c1)Nc1cccc(Oc2ccccc2)c1. The number of aromatic nitrogens is 1. The third-order valence-electron chi connectivity index (χ3n) is 4.49. The number of aliphatic imine (C=N–C) groups is 1. The summed E-state index contributed by atoms with van der Waals surface area (Å²) >= 11 is 0. The van der Waals surface area contributed by atoms with E-state index < -0.39 is 0 Å². The molecule has 162 valence electrons. The van der Waals surface area contributed by atoms with Gasteiger partial charge in [-0.05, 0) is 35.9 Å². The number of guanidine groups is 1. The lowest BCUT2D eigenvalue weighted by Crippen LogP contribution is -2.22. The highest BCUT2D eigenvalue weighted by Gasteiger charge is 2.17. The van der Waals surface area contributed by atoms with E-state index in [1.807, 2.05) is 66.7 Å². The Kier molecular flexibility index (Phi) is 8.48. The van der Waals surface area contributed by atoms with Crippen LogP contribution in [0.15, 0.2) is 77.9 Å². The van der Waals surface area contributed by atoms with E-state index in [0.29, 0.717) is 30.7 Å². The van der Waals surface area contributed by atoms with E-state index in [9.17, 15) is 0 Å². The Hall–Kier alpha value is -2.85. The normalized spacial score (nSPS) is 15.7. The topological polar surface area (TPSA) is 91.0 Å². The van der Waals surface area contributed by atoms with Crippen LogP contribution in [0, 0.1) is 0 Å². The lowest BCUT2D eigenvalue weighted by Gasteiger charge is -2.11. The maximum atomic E-state index is 6.06. The number of pyridine rings is 1. The molecule has 31 heavy (non-hydrogen) atoms. The summed E-state index contributed by atoms with van der Waals surface area (Å²) in [6, 6.07) is 20.9. The Morgan fingerprint density at radius 1 is 1.10 bits per heavy atom. The van der Waals surface area contributed by atoms with Crippen molar-refractivity contribution in [2.45, 2.75) is 19.1 Å². The van der Waals surface area contributed by atoms with E-state index in [0.717, 1.165) is 30.0 Å². The highest BCUT2D eigenvalue weighted by atomic mass is 127. The zero-order chi connectivity index (χ0) is 20.6. The van der Waals surface area contributed by atoms with Gasteiger partial charge in [0.2, 0.25) is 5.88 Å². The van der Waals surface area contributed by atoms with Crippen molar-refractivity contribution in [1.29, 1.82) is 0 Å². The van der Waals surface area contributed by atoms with Gasteiger partial charge >= 0.3 is 0 Å². The number of nitrogens with zero attached hydrogens (tertiary/aromatic N) is 2. The highest BCUT2D eigenvalue weighted by Crippen LogP contribution is 2.23. The Labute approximate surface area is 198 Å². The van der Waals surface area contributed by atoms with Gasteiger partial charge in [0.1, 0.15) is 17.6 Å². The molecule has 0 saturated carbocycles. The van der Waals surface area contributed by atoms with Crippen LogP contribution < -0.4 is 20.5 Å². The molecule has 1 aromatic heterocycles. The number of anilines is 1. The molecule has 2 aromatic carbocycles. The summed E-state index contributed by atoms with van der Waals surface area (Å²) in [4.78, 5) is 8.67. The lowest BCUT2D eigenvalue weighted by atomic mass is 10.2. The fraction of sp³-hybridized carbons (Fsp3) is 0.217. The van der Waals surface area contributed by atoms with Crippen molar-refractivity contribution in [2.24, 2.45) is 10.7 Å². The van der Waals surface area contributed by atoms with Crippen molar-refractivity contribution in [1.82, 2.24) is 4.98 Å². The molecule has 0 radical (unpaired) electrons. The van der Waals surface area contributed by atoms with Crippen LogP contribution in [0.2, 0.25) is 0 Å². The van der Waals surface area contributed by atoms with Crippen LogP contribution in [0.5, 0.6) is 17.4 Å². The van der Waals surface area contributed by atoms with Gasteiger partial charge < -0.3 is 25.3 Å². The Bertz CT molecular complexity index is 995. The second kappa shape index (κ2) is 11.5. The number of para-hydroxylation sites is 1. The number of nitrogens with two attached hydrogens (primary N) is 1. The first-order valence-corrected chi connectivity index (χ1v) is 9.84. The van der Waals surface area contributed by atoms with Gasteiger partial charge in [-0.3, -0.25) is 0 Å². The number of hydrogen-bond acceptors (Lipinski definition) is 5. The number of benzene rings is 2. The van der Waals surface area contributed by atoms with Crippen LogP contribution in [0.4, 0.5) is 5.69 Å². The van der Waals surface area contributed by atoms with Gasteiger partial charge in [0.15, 0.2) is 5.96 Å². The molecule has 8 heteroatoms. The number of hydrogen-bond donors (Lipinski definition) is 2. The molecule has 3 N–H and O–H groups in total. The van der Waals surface area contributed by atoms with Crippen LogP contribution in [0.1, 0.15) is 12.0 Å². The van der Waals surface area contributed by atoms with E-state index in [1.54, 1.807) is 6.20 Å². The summed E-state index contributed by atoms with van der Waals surface area (Å²) in [5.74, 6) is 2.38. The fourth-order valence-corrected chi connectivity index (χ4v) is 3.02. The Balaban J connectivity index is 0.00000272. The minimum atomic E-state index is 0. The van der Waals surface area contributed by atoms with Crippen LogP contribution >= 0.6 is 24.0 Å². The first-order chi connectivity index (χ1) is 14.7. The molecular formula is C23H25IN4O3. The zero-order valence-corrected chi connectivity index (χ0v) is 19.3. The first-order valence-electron chi connectivity index (χ1n) is 9.84. The second-order valence-corrected chi connectivity index (χ2v) is 6.88. The van der Waals surface area contributed by atoms with Gasteiger partial charge in [-0.15, -0.1) is 24.0 Å². The maximum absolute atomic E-state index is 6.06. The zero-order valence-electron chi connectivity index (χ0n) is 16.9. The molecule has 3 aromatic rings. The largest absolute Gasteiger partial charge is 0.472 e. The summed E-state index contributed by atoms with van der Waals surface area (Å²) < 4.78 is 17.0. The standard InChI is InChI=1S/C23H24N4O3.HI/c24-23(26-15-17-9-11-25-22(13-17)30-21-10-12-28-16-21)27-18-5-4-8-20(14-18)29-19-6-2-1-3-7-19;/h1-9,11,13-14,21H,10,12,15-16H2,(H3,24,26,27);1H. The van der Waals surface area contributed by atoms with Crippen LogP contribution in [-0.4, -0.2) is 30.3 Å². The lowest BCUT2D eigenvalue weighted by molar-refractivity contribution is 0.138. The average Bonchev–Trinajstić information content (AvgIpc) is 3.27. The minimum absolute atomic E-state index is 0. The molecule has 1 saturated heterocycles. The number of nitrogens with one attached hydrogen (secondary N) is 1. The Morgan fingerprint density at radius 3 is 2.74 bits per heavy atom. The van der Waals surface area contributed by atoms with Crippen molar-refractivity contribution >= 4 is 35.6 Å². The number of halogens is 1. The minimum Gasteiger partial charge on any atom is -0.472 e. The smallest absolute Gasteiger partial charge is 0.213 e. The third kappa shape index (κ3) is 7.11. The number of ether oxygens (including phenoxy) is 3. The molecule has 4 rings (SSSR count). The van der Waals surface area contributed by atoms with Crippen molar-refractivity contribution < 1.29 is 14.2 Å². The van der Waals surface area contributed by atoms with Gasteiger partial charge in [-0.25, -0.2) is 9.98 Å². The average molecular weight is 532 g/mol. The van der Waals surface area contributed by atoms with E-state index in [1.165, 1.54) is 0 Å². The van der Waals surface area contributed by atoms with Crippen molar-refractivity contribution in [3.63, 3.8) is 0 Å². The maximum Gasteiger partial charge on any atom is 0.213 e. The van der Waals surface area contributed by atoms with Crippen molar-refractivity contribution in [3.8, 4) is 17.4 Å². The van der Waals surface area contributed by atoms with E-state index >= 15 is 0 Å². The van der Waals surface area contributed by atoms with Crippen molar-refractivity contribution in [2.75, 3.05) is 18.5 Å². The molecule has 1 atom stereocenters. The molecule has 1 aliphatic heterocycles. The molecule has 1 aliphatic rings. The van der Waals surface area contributed by atoms with E-state index in [4.69, 9.17) is 19.9 Å². The fourth-order valence-electron chi connectivity index (χ4n) is 3.02. The Morgan fingerprint density at radius 2 is 1.94 bits per heavy atom. The molecule has 0 amide bonds. The number of rotatable bonds is 7. The van der Waals surface area contributed by atoms with E-state index in [2.05, 4.69) is 15.3 Å². The van der Waals surface area contributed by atoms with E-state index in [-0.39, 0.29) is 30.1 Å². The van der Waals surface area contributed by atoms with Gasteiger partial charge in [0.05, 0.1) is 19.8 Å². The third-order valence-corrected chi connectivity index (χ3v) is 4.49. The summed E-state index contributed by atoms with van der Waals surface area (Å²) in [5.41, 5.74) is 7.82. The molecule has 2 heterocycles. The van der Waals surface area contributed by atoms with Gasteiger partial charge in [0.25, 0.3) is 0 Å².